The fourth-order valence-electron chi connectivity index (χ4n) is 5.02. The summed E-state index contributed by atoms with van der Waals surface area (Å²) in [6.07, 6.45) is 0.865. The van der Waals surface area contributed by atoms with E-state index < -0.39 is 34.3 Å². The van der Waals surface area contributed by atoms with Gasteiger partial charge in [-0.05, 0) is 86.8 Å². The average molecular weight is 660 g/mol. The molecule has 0 radical (unpaired) electrons. The molecule has 8 nitrogen and oxygen atoms in total. The summed E-state index contributed by atoms with van der Waals surface area (Å²) in [7, 11) is -4.25. The van der Waals surface area contributed by atoms with Crippen molar-refractivity contribution < 1.29 is 27.1 Å². The molecule has 1 N–H and O–H groups in total. The molecule has 0 aliphatic heterocycles. The van der Waals surface area contributed by atoms with Gasteiger partial charge in [-0.15, -0.1) is 0 Å². The lowest BCUT2D eigenvalue weighted by atomic mass is 10.0. The Bertz CT molecular complexity index is 1720. The minimum atomic E-state index is -4.25. The highest BCUT2D eigenvalue weighted by Crippen LogP contribution is 2.27. The maximum atomic E-state index is 14.5. The smallest absolute Gasteiger partial charge is 0.264 e. The number of nitrogens with zero attached hydrogens (tertiary/aromatic N) is 2. The van der Waals surface area contributed by atoms with Crippen LogP contribution in [0.4, 0.5) is 10.1 Å². The summed E-state index contributed by atoms with van der Waals surface area (Å²) in [4.78, 5) is 29.8. The Balaban J connectivity index is 1.79. The SMILES string of the molecule is CCOc1ccc(S(=O)(=O)N(CC(=O)N(Cc2ccc(F)cc2)[C@H](Cc2ccccc2)C(=O)N[C@H](C)CC)c2ccc(C)cc2)cc1. The van der Waals surface area contributed by atoms with Crippen molar-refractivity contribution in [2.24, 2.45) is 0 Å². The first kappa shape index (κ1) is 35.2. The zero-order chi connectivity index (χ0) is 34.0. The predicted molar refractivity (Wildman–Crippen MR) is 182 cm³/mol. The van der Waals surface area contributed by atoms with Gasteiger partial charge >= 0.3 is 0 Å². The third-order valence-electron chi connectivity index (χ3n) is 7.86. The van der Waals surface area contributed by atoms with Crippen LogP contribution in [0.1, 0.15) is 43.9 Å². The fraction of sp³-hybridized carbons (Fsp3) is 0.297. The van der Waals surface area contributed by atoms with Gasteiger partial charge in [-0.3, -0.25) is 13.9 Å². The van der Waals surface area contributed by atoms with Gasteiger partial charge in [0, 0.05) is 19.0 Å². The molecule has 47 heavy (non-hydrogen) atoms. The van der Waals surface area contributed by atoms with E-state index in [1.165, 1.54) is 29.2 Å². The Labute approximate surface area is 277 Å². The van der Waals surface area contributed by atoms with E-state index in [1.54, 1.807) is 48.5 Å². The molecule has 0 heterocycles. The maximum Gasteiger partial charge on any atom is 0.264 e. The molecule has 4 aromatic rings. The van der Waals surface area contributed by atoms with Crippen LogP contribution in [0, 0.1) is 12.7 Å². The quantitative estimate of drug-likeness (QED) is 0.162. The monoisotopic (exact) mass is 659 g/mol. The van der Waals surface area contributed by atoms with Crippen molar-refractivity contribution >= 4 is 27.5 Å². The number of halogens is 1. The molecule has 0 bridgehead atoms. The van der Waals surface area contributed by atoms with Crippen LogP contribution >= 0.6 is 0 Å². The standard InChI is InChI=1S/C37H42FN3O5S/c1-5-28(4)39-37(43)35(24-29-10-8-7-9-11-29)40(25-30-14-16-31(38)17-15-30)36(42)26-41(32-18-12-27(3)13-19-32)47(44,45)34-22-20-33(21-23-34)46-6-2/h7-23,28,35H,5-6,24-26H2,1-4H3,(H,39,43)/t28-,35-/m1/s1. The number of ether oxygens (including phenoxy) is 1. The number of aryl methyl sites for hydroxylation is 1. The number of rotatable bonds is 15. The van der Waals surface area contributed by atoms with Crippen molar-refractivity contribution in [3.8, 4) is 5.75 Å². The predicted octanol–water partition coefficient (Wildman–Crippen LogP) is 6.28. The number of anilines is 1. The second-order valence-corrected chi connectivity index (χ2v) is 13.3. The number of sulfonamides is 1. The Hall–Kier alpha value is -4.70. The van der Waals surface area contributed by atoms with E-state index in [4.69, 9.17) is 4.74 Å². The van der Waals surface area contributed by atoms with Gasteiger partial charge in [0.15, 0.2) is 0 Å². The Morgan fingerprint density at radius 2 is 1.49 bits per heavy atom. The zero-order valence-corrected chi connectivity index (χ0v) is 28.0. The van der Waals surface area contributed by atoms with Crippen LogP contribution in [-0.4, -0.2) is 50.4 Å². The van der Waals surface area contributed by atoms with Crippen molar-refractivity contribution in [1.82, 2.24) is 10.2 Å². The highest BCUT2D eigenvalue weighted by molar-refractivity contribution is 7.92. The van der Waals surface area contributed by atoms with Crippen molar-refractivity contribution in [3.63, 3.8) is 0 Å². The summed E-state index contributed by atoms with van der Waals surface area (Å²) in [6, 6.07) is 26.7. The summed E-state index contributed by atoms with van der Waals surface area (Å²) in [5.41, 5.74) is 2.63. The summed E-state index contributed by atoms with van der Waals surface area (Å²) in [6.45, 7) is 7.35. The Kier molecular flexibility index (Phi) is 12.1. The number of nitrogens with one attached hydrogen (secondary N) is 1. The molecule has 0 saturated heterocycles. The molecule has 4 aromatic carbocycles. The normalized spacial score (nSPS) is 12.5. The van der Waals surface area contributed by atoms with Gasteiger partial charge in [0.2, 0.25) is 11.8 Å². The number of hydrogen-bond acceptors (Lipinski definition) is 5. The minimum absolute atomic E-state index is 0.0187. The van der Waals surface area contributed by atoms with Gasteiger partial charge in [0.1, 0.15) is 24.2 Å². The fourth-order valence-corrected chi connectivity index (χ4v) is 6.44. The number of benzene rings is 4. The number of carbonyl (C=O) groups is 2. The van der Waals surface area contributed by atoms with E-state index in [2.05, 4.69) is 5.32 Å². The van der Waals surface area contributed by atoms with Gasteiger partial charge in [-0.2, -0.15) is 0 Å². The van der Waals surface area contributed by atoms with Crippen molar-refractivity contribution in [2.45, 2.75) is 64.1 Å². The Morgan fingerprint density at radius 1 is 0.851 bits per heavy atom. The molecule has 248 valence electrons. The van der Waals surface area contributed by atoms with Gasteiger partial charge < -0.3 is 15.0 Å². The van der Waals surface area contributed by atoms with E-state index in [9.17, 15) is 22.4 Å². The first-order valence-electron chi connectivity index (χ1n) is 15.7. The second kappa shape index (κ2) is 16.2. The lowest BCUT2D eigenvalue weighted by molar-refractivity contribution is -0.140. The lowest BCUT2D eigenvalue weighted by Gasteiger charge is -2.34. The molecule has 4 rings (SSSR count). The molecule has 0 saturated carbocycles. The van der Waals surface area contributed by atoms with E-state index >= 15 is 0 Å². The largest absolute Gasteiger partial charge is 0.494 e. The van der Waals surface area contributed by atoms with Gasteiger partial charge in [-0.1, -0.05) is 67.1 Å². The van der Waals surface area contributed by atoms with Crippen LogP contribution in [0.3, 0.4) is 0 Å². The summed E-state index contributed by atoms with van der Waals surface area (Å²) in [5.74, 6) is -0.875. The van der Waals surface area contributed by atoms with Gasteiger partial charge in [0.25, 0.3) is 10.0 Å². The number of hydrogen-bond donors (Lipinski definition) is 1. The van der Waals surface area contributed by atoms with Crippen LogP contribution in [0.2, 0.25) is 0 Å². The average Bonchev–Trinajstić information content (AvgIpc) is 3.07. The summed E-state index contributed by atoms with van der Waals surface area (Å²) < 4.78 is 48.8. The zero-order valence-electron chi connectivity index (χ0n) is 27.2. The van der Waals surface area contributed by atoms with E-state index in [0.717, 1.165) is 15.4 Å². The van der Waals surface area contributed by atoms with Crippen LogP contribution in [0.25, 0.3) is 0 Å². The highest BCUT2D eigenvalue weighted by atomic mass is 32.2. The van der Waals surface area contributed by atoms with E-state index in [1.807, 2.05) is 58.0 Å². The van der Waals surface area contributed by atoms with E-state index in [-0.39, 0.29) is 29.8 Å². The van der Waals surface area contributed by atoms with Crippen LogP contribution < -0.4 is 14.4 Å². The first-order valence-corrected chi connectivity index (χ1v) is 17.2. The molecule has 0 fully saturated rings. The minimum Gasteiger partial charge on any atom is -0.494 e. The maximum absolute atomic E-state index is 14.5. The molecule has 0 spiro atoms. The topological polar surface area (TPSA) is 96.0 Å². The molecule has 0 aliphatic rings. The van der Waals surface area contributed by atoms with Crippen LogP contribution in [-0.2, 0) is 32.6 Å². The molecule has 0 aromatic heterocycles. The third-order valence-corrected chi connectivity index (χ3v) is 9.65. The highest BCUT2D eigenvalue weighted by Gasteiger charge is 2.35. The summed E-state index contributed by atoms with van der Waals surface area (Å²) >= 11 is 0. The molecule has 0 unspecified atom stereocenters. The van der Waals surface area contributed by atoms with Crippen LogP contribution in [0.15, 0.2) is 108 Å². The van der Waals surface area contributed by atoms with Gasteiger partial charge in [-0.25, -0.2) is 12.8 Å². The molecular weight excluding hydrogens is 617 g/mol. The molecule has 2 atom stereocenters. The van der Waals surface area contributed by atoms with Crippen LogP contribution in [0.5, 0.6) is 5.75 Å². The Morgan fingerprint density at radius 3 is 2.09 bits per heavy atom. The third kappa shape index (κ3) is 9.42. The van der Waals surface area contributed by atoms with Crippen molar-refractivity contribution in [2.75, 3.05) is 17.5 Å². The number of carbonyl (C=O) groups excluding carboxylic acids is 2. The molecular formula is C37H42FN3O5S. The summed E-state index contributed by atoms with van der Waals surface area (Å²) in [5, 5.41) is 3.01. The van der Waals surface area contributed by atoms with Crippen molar-refractivity contribution in [3.05, 3.63) is 126 Å². The second-order valence-electron chi connectivity index (χ2n) is 11.4. The number of amides is 2. The van der Waals surface area contributed by atoms with E-state index in [0.29, 0.717) is 30.0 Å². The van der Waals surface area contributed by atoms with Gasteiger partial charge in [0.05, 0.1) is 17.2 Å². The molecule has 2 amide bonds. The molecule has 0 aliphatic carbocycles. The lowest BCUT2D eigenvalue weighted by Crippen LogP contribution is -2.54. The first-order chi connectivity index (χ1) is 22.5. The van der Waals surface area contributed by atoms with Crippen molar-refractivity contribution in [1.29, 1.82) is 0 Å². The molecule has 10 heteroatoms.